The number of aromatic amines is 1. The number of aryl methyl sites for hydroxylation is 2. The fraction of sp³-hybridized carbons (Fsp3) is 0.200. The summed E-state index contributed by atoms with van der Waals surface area (Å²) in [5.74, 6) is 0.383. The van der Waals surface area contributed by atoms with Gasteiger partial charge in [-0.25, -0.2) is 4.98 Å². The fourth-order valence-corrected chi connectivity index (χ4v) is 3.55. The molecule has 2 aromatic carbocycles. The molecule has 5 nitrogen and oxygen atoms in total. The van der Waals surface area contributed by atoms with Crippen LogP contribution in [0.4, 0.5) is 0 Å². The standard InChI is InChI=1S/C20H18ClN3O2/c1-11-13(14-5-3-7-16(21)18(14)23-11)9-10-22-20(25)15-6-4-8-17-19(15)26-12(2)24-17/h3-8,23H,9-10H2,1-2H3,(H,22,25). The second kappa shape index (κ2) is 6.50. The van der Waals surface area contributed by atoms with Crippen LogP contribution < -0.4 is 5.32 Å². The molecule has 26 heavy (non-hydrogen) atoms. The van der Waals surface area contributed by atoms with Crippen molar-refractivity contribution in [1.29, 1.82) is 0 Å². The topological polar surface area (TPSA) is 70.9 Å². The third-order valence-corrected chi connectivity index (χ3v) is 4.85. The minimum atomic E-state index is -0.165. The van der Waals surface area contributed by atoms with Crippen LogP contribution in [0.2, 0.25) is 5.02 Å². The molecule has 0 aliphatic heterocycles. The number of carbonyl (C=O) groups excluding carboxylic acids is 1. The van der Waals surface area contributed by atoms with Crippen LogP contribution in [0.25, 0.3) is 22.0 Å². The molecule has 0 aliphatic carbocycles. The second-order valence-electron chi connectivity index (χ2n) is 6.28. The van der Waals surface area contributed by atoms with Crippen molar-refractivity contribution in [3.05, 3.63) is 64.1 Å². The number of para-hydroxylation sites is 2. The zero-order chi connectivity index (χ0) is 18.3. The first-order valence-corrected chi connectivity index (χ1v) is 8.82. The van der Waals surface area contributed by atoms with E-state index in [9.17, 15) is 4.79 Å². The third kappa shape index (κ3) is 2.84. The van der Waals surface area contributed by atoms with Gasteiger partial charge in [-0.05, 0) is 37.1 Å². The minimum absolute atomic E-state index is 0.165. The summed E-state index contributed by atoms with van der Waals surface area (Å²) in [5.41, 5.74) is 4.89. The number of benzene rings is 2. The Labute approximate surface area is 155 Å². The van der Waals surface area contributed by atoms with Gasteiger partial charge in [-0.3, -0.25) is 4.79 Å². The fourth-order valence-electron chi connectivity index (χ4n) is 3.33. The Kier molecular flexibility index (Phi) is 4.17. The Morgan fingerprint density at radius 2 is 2.04 bits per heavy atom. The predicted molar refractivity (Wildman–Crippen MR) is 103 cm³/mol. The van der Waals surface area contributed by atoms with Crippen LogP contribution in [0.3, 0.4) is 0 Å². The Bertz CT molecular complexity index is 1130. The predicted octanol–water partition coefficient (Wildman–Crippen LogP) is 4.55. The van der Waals surface area contributed by atoms with E-state index in [0.29, 0.717) is 40.5 Å². The van der Waals surface area contributed by atoms with Gasteiger partial charge < -0.3 is 14.7 Å². The zero-order valence-electron chi connectivity index (χ0n) is 14.5. The van der Waals surface area contributed by atoms with Crippen molar-refractivity contribution in [2.45, 2.75) is 20.3 Å². The van der Waals surface area contributed by atoms with Gasteiger partial charge in [0.05, 0.1) is 16.1 Å². The van der Waals surface area contributed by atoms with Crippen LogP contribution in [0.5, 0.6) is 0 Å². The largest absolute Gasteiger partial charge is 0.440 e. The van der Waals surface area contributed by atoms with Gasteiger partial charge in [-0.1, -0.05) is 29.8 Å². The highest BCUT2D eigenvalue weighted by Crippen LogP contribution is 2.28. The van der Waals surface area contributed by atoms with E-state index in [-0.39, 0.29) is 5.91 Å². The van der Waals surface area contributed by atoms with Crippen LogP contribution >= 0.6 is 11.6 Å². The summed E-state index contributed by atoms with van der Waals surface area (Å²) < 4.78 is 5.57. The molecule has 0 radical (unpaired) electrons. The maximum atomic E-state index is 12.6. The van der Waals surface area contributed by atoms with E-state index >= 15 is 0 Å². The van der Waals surface area contributed by atoms with Gasteiger partial charge in [0.2, 0.25) is 0 Å². The smallest absolute Gasteiger partial charge is 0.255 e. The van der Waals surface area contributed by atoms with Gasteiger partial charge in [0, 0.05) is 24.5 Å². The van der Waals surface area contributed by atoms with Gasteiger partial charge in [0.1, 0.15) is 5.52 Å². The van der Waals surface area contributed by atoms with Crippen molar-refractivity contribution >= 4 is 39.5 Å². The SMILES string of the molecule is Cc1nc2cccc(C(=O)NCCc3c(C)[nH]c4c(Cl)cccc34)c2o1. The lowest BCUT2D eigenvalue weighted by molar-refractivity contribution is 0.0955. The molecule has 6 heteroatoms. The van der Waals surface area contributed by atoms with Gasteiger partial charge >= 0.3 is 0 Å². The molecule has 0 atom stereocenters. The third-order valence-electron chi connectivity index (χ3n) is 4.53. The van der Waals surface area contributed by atoms with Crippen molar-refractivity contribution in [2.24, 2.45) is 0 Å². The number of hydrogen-bond acceptors (Lipinski definition) is 3. The average Bonchev–Trinajstić information content (AvgIpc) is 3.15. The Balaban J connectivity index is 1.52. The quantitative estimate of drug-likeness (QED) is 0.555. The lowest BCUT2D eigenvalue weighted by Gasteiger charge is -2.06. The highest BCUT2D eigenvalue weighted by Gasteiger charge is 2.15. The lowest BCUT2D eigenvalue weighted by Crippen LogP contribution is -2.25. The number of nitrogens with zero attached hydrogens (tertiary/aromatic N) is 1. The molecule has 2 aromatic heterocycles. The molecule has 0 spiro atoms. The number of H-pyrrole nitrogens is 1. The molecule has 0 saturated heterocycles. The molecule has 0 unspecified atom stereocenters. The molecule has 0 aliphatic rings. The number of rotatable bonds is 4. The first-order chi connectivity index (χ1) is 12.5. The van der Waals surface area contributed by atoms with Gasteiger partial charge in [-0.15, -0.1) is 0 Å². The van der Waals surface area contributed by atoms with E-state index in [1.54, 1.807) is 13.0 Å². The molecule has 2 heterocycles. The molecule has 0 fully saturated rings. The summed E-state index contributed by atoms with van der Waals surface area (Å²) in [5, 5.41) is 4.77. The van der Waals surface area contributed by atoms with Crippen molar-refractivity contribution in [2.75, 3.05) is 6.54 Å². The second-order valence-corrected chi connectivity index (χ2v) is 6.69. The van der Waals surface area contributed by atoms with E-state index in [1.807, 2.05) is 37.3 Å². The molecule has 4 aromatic rings. The first kappa shape index (κ1) is 16.7. The normalized spacial score (nSPS) is 11.3. The Morgan fingerprint density at radius 1 is 1.23 bits per heavy atom. The van der Waals surface area contributed by atoms with Crippen LogP contribution in [0.15, 0.2) is 40.8 Å². The maximum absolute atomic E-state index is 12.6. The number of amides is 1. The monoisotopic (exact) mass is 367 g/mol. The van der Waals surface area contributed by atoms with Crippen molar-refractivity contribution in [1.82, 2.24) is 15.3 Å². The Hall–Kier alpha value is -2.79. The number of fused-ring (bicyclic) bond motifs is 2. The molecule has 2 N–H and O–H groups in total. The maximum Gasteiger partial charge on any atom is 0.255 e. The highest BCUT2D eigenvalue weighted by atomic mass is 35.5. The molecule has 4 rings (SSSR count). The van der Waals surface area contributed by atoms with Crippen LogP contribution in [0.1, 0.15) is 27.5 Å². The minimum Gasteiger partial charge on any atom is -0.440 e. The molecular weight excluding hydrogens is 350 g/mol. The van der Waals surface area contributed by atoms with E-state index in [2.05, 4.69) is 15.3 Å². The summed E-state index contributed by atoms with van der Waals surface area (Å²) in [6, 6.07) is 11.2. The van der Waals surface area contributed by atoms with Crippen molar-refractivity contribution < 1.29 is 9.21 Å². The summed E-state index contributed by atoms with van der Waals surface area (Å²) in [4.78, 5) is 20.2. The summed E-state index contributed by atoms with van der Waals surface area (Å²) in [6.07, 6.45) is 0.712. The van der Waals surface area contributed by atoms with Gasteiger partial charge in [0.25, 0.3) is 5.91 Å². The molecule has 1 amide bonds. The van der Waals surface area contributed by atoms with Crippen LogP contribution in [-0.2, 0) is 6.42 Å². The molecule has 0 saturated carbocycles. The van der Waals surface area contributed by atoms with E-state index in [4.69, 9.17) is 16.0 Å². The zero-order valence-corrected chi connectivity index (χ0v) is 15.3. The number of aromatic nitrogens is 2. The summed E-state index contributed by atoms with van der Waals surface area (Å²) >= 11 is 6.25. The van der Waals surface area contributed by atoms with Gasteiger partial charge in [0.15, 0.2) is 11.5 Å². The summed E-state index contributed by atoms with van der Waals surface area (Å²) in [6.45, 7) is 4.31. The van der Waals surface area contributed by atoms with Crippen LogP contribution in [-0.4, -0.2) is 22.4 Å². The summed E-state index contributed by atoms with van der Waals surface area (Å²) in [7, 11) is 0. The molecule has 132 valence electrons. The molecule has 0 bridgehead atoms. The number of oxazole rings is 1. The van der Waals surface area contributed by atoms with E-state index in [1.165, 1.54) is 0 Å². The molecular formula is C20H18ClN3O2. The number of hydrogen-bond donors (Lipinski definition) is 2. The van der Waals surface area contributed by atoms with Crippen molar-refractivity contribution in [3.63, 3.8) is 0 Å². The Morgan fingerprint density at radius 3 is 2.88 bits per heavy atom. The first-order valence-electron chi connectivity index (χ1n) is 8.44. The van der Waals surface area contributed by atoms with Gasteiger partial charge in [-0.2, -0.15) is 0 Å². The average molecular weight is 368 g/mol. The van der Waals surface area contributed by atoms with Crippen LogP contribution in [0, 0.1) is 13.8 Å². The van der Waals surface area contributed by atoms with E-state index in [0.717, 1.165) is 22.2 Å². The lowest BCUT2D eigenvalue weighted by atomic mass is 10.1. The highest BCUT2D eigenvalue weighted by molar-refractivity contribution is 6.35. The number of nitrogens with one attached hydrogen (secondary N) is 2. The number of carbonyl (C=O) groups is 1. The van der Waals surface area contributed by atoms with Crippen molar-refractivity contribution in [3.8, 4) is 0 Å². The number of halogens is 1. The van der Waals surface area contributed by atoms with E-state index < -0.39 is 0 Å².